The van der Waals surface area contributed by atoms with Crippen molar-refractivity contribution >= 4 is 21.8 Å². The van der Waals surface area contributed by atoms with Crippen LogP contribution in [0, 0.1) is 0 Å². The Morgan fingerprint density at radius 3 is 1.95 bits per heavy atom. The first-order valence-electron chi connectivity index (χ1n) is 14.0. The van der Waals surface area contributed by atoms with Crippen LogP contribution < -0.4 is 9.47 Å². The molecule has 0 saturated carbocycles. The lowest BCUT2D eigenvalue weighted by molar-refractivity contribution is 0.216. The molecule has 0 N–H and O–H groups in total. The zero-order valence-electron chi connectivity index (χ0n) is 22.3. The SMILES string of the molecule is c1ccc(-c2nnc(-c3ccc(OCCOc4cc(C[S+]5CCCC5)ccc4C[S+]4CCCC4)cc3)o2)cc1. The number of nitrogens with zero attached hydrogens (tertiary/aromatic N) is 2. The Bertz CT molecular complexity index is 1330. The van der Waals surface area contributed by atoms with Gasteiger partial charge >= 0.3 is 0 Å². The molecule has 3 aromatic carbocycles. The van der Waals surface area contributed by atoms with Gasteiger partial charge in [-0.05, 0) is 89.9 Å². The maximum atomic E-state index is 6.36. The Labute approximate surface area is 237 Å². The van der Waals surface area contributed by atoms with E-state index in [0.717, 1.165) is 28.4 Å². The van der Waals surface area contributed by atoms with Gasteiger partial charge in [0, 0.05) is 22.3 Å². The zero-order valence-corrected chi connectivity index (χ0v) is 24.0. The van der Waals surface area contributed by atoms with E-state index in [1.54, 1.807) is 0 Å². The second-order valence-electron chi connectivity index (χ2n) is 10.2. The highest BCUT2D eigenvalue weighted by molar-refractivity contribution is 7.96. The molecule has 39 heavy (non-hydrogen) atoms. The minimum absolute atomic E-state index is 0.498. The molecule has 1 aromatic heterocycles. The van der Waals surface area contributed by atoms with Crippen molar-refractivity contribution in [2.24, 2.45) is 0 Å². The van der Waals surface area contributed by atoms with Crippen molar-refractivity contribution in [2.75, 3.05) is 36.2 Å². The summed E-state index contributed by atoms with van der Waals surface area (Å²) in [7, 11) is 1.06. The van der Waals surface area contributed by atoms with E-state index in [4.69, 9.17) is 13.9 Å². The van der Waals surface area contributed by atoms with Crippen LogP contribution in [0.15, 0.2) is 77.2 Å². The summed E-state index contributed by atoms with van der Waals surface area (Å²) in [6, 6.07) is 24.6. The lowest BCUT2D eigenvalue weighted by atomic mass is 10.1. The molecule has 0 bridgehead atoms. The van der Waals surface area contributed by atoms with E-state index < -0.39 is 0 Å². The van der Waals surface area contributed by atoms with Crippen molar-refractivity contribution in [1.82, 2.24) is 10.2 Å². The fraction of sp³-hybridized carbons (Fsp3) is 0.375. The predicted molar refractivity (Wildman–Crippen MR) is 163 cm³/mol. The number of hydrogen-bond acceptors (Lipinski definition) is 5. The fourth-order valence-electron chi connectivity index (χ4n) is 5.16. The van der Waals surface area contributed by atoms with Crippen molar-refractivity contribution in [1.29, 1.82) is 0 Å². The average molecular weight is 561 g/mol. The lowest BCUT2D eigenvalue weighted by Gasteiger charge is -2.14. The maximum Gasteiger partial charge on any atom is 0.248 e. The van der Waals surface area contributed by atoms with Gasteiger partial charge in [0.15, 0.2) is 0 Å². The smallest absolute Gasteiger partial charge is 0.248 e. The highest BCUT2D eigenvalue weighted by Gasteiger charge is 2.27. The van der Waals surface area contributed by atoms with Crippen LogP contribution in [0.25, 0.3) is 22.9 Å². The summed E-state index contributed by atoms with van der Waals surface area (Å²) in [5.74, 6) is 10.8. The van der Waals surface area contributed by atoms with Crippen molar-refractivity contribution < 1.29 is 13.9 Å². The predicted octanol–water partition coefficient (Wildman–Crippen LogP) is 6.69. The Morgan fingerprint density at radius 1 is 0.641 bits per heavy atom. The minimum Gasteiger partial charge on any atom is -0.490 e. The van der Waals surface area contributed by atoms with Crippen LogP contribution in [0.2, 0.25) is 0 Å². The van der Waals surface area contributed by atoms with Crippen molar-refractivity contribution in [3.05, 3.63) is 83.9 Å². The van der Waals surface area contributed by atoms with Gasteiger partial charge in [0.1, 0.15) is 59.2 Å². The van der Waals surface area contributed by atoms with Crippen LogP contribution in [-0.2, 0) is 33.3 Å². The molecule has 6 rings (SSSR count). The standard InChI is InChI=1S/C32H36N2O3S2/c1-2-8-26(9-3-1)31-33-34-32(37-31)27-12-14-29(15-13-27)35-16-17-36-30-22-25(23-38-18-4-5-19-38)10-11-28(30)24-39-20-6-7-21-39/h1-3,8-15,22H,4-7,16-21,23-24H2/q+2. The molecule has 0 spiro atoms. The molecule has 4 aromatic rings. The van der Waals surface area contributed by atoms with E-state index in [-0.39, 0.29) is 0 Å². The van der Waals surface area contributed by atoms with Gasteiger partial charge in [0.25, 0.3) is 0 Å². The maximum absolute atomic E-state index is 6.36. The van der Waals surface area contributed by atoms with Gasteiger partial charge in [0.05, 0.1) is 0 Å². The number of benzene rings is 3. The molecule has 5 nitrogen and oxygen atoms in total. The summed E-state index contributed by atoms with van der Waals surface area (Å²) in [6.07, 6.45) is 5.56. The molecule has 3 heterocycles. The second kappa shape index (κ2) is 13.0. The molecule has 2 aliphatic heterocycles. The average Bonchev–Trinajstić information content (AvgIpc) is 3.77. The van der Waals surface area contributed by atoms with Crippen molar-refractivity contribution in [2.45, 2.75) is 37.2 Å². The molecule has 7 heteroatoms. The molecular weight excluding hydrogens is 524 g/mol. The monoisotopic (exact) mass is 560 g/mol. The number of hydrogen-bond donors (Lipinski definition) is 0. The summed E-state index contributed by atoms with van der Waals surface area (Å²) in [6.45, 7) is 1.03. The number of aromatic nitrogens is 2. The van der Waals surface area contributed by atoms with Crippen molar-refractivity contribution in [3.8, 4) is 34.4 Å². The van der Waals surface area contributed by atoms with Gasteiger partial charge in [0.2, 0.25) is 11.8 Å². The molecule has 0 radical (unpaired) electrons. The zero-order chi connectivity index (χ0) is 26.3. The first-order chi connectivity index (χ1) is 19.3. The first kappa shape index (κ1) is 26.3. The molecule has 202 valence electrons. The van der Waals surface area contributed by atoms with E-state index in [1.807, 2.05) is 54.6 Å². The van der Waals surface area contributed by atoms with Crippen molar-refractivity contribution in [3.63, 3.8) is 0 Å². The highest BCUT2D eigenvalue weighted by Crippen LogP contribution is 2.29. The van der Waals surface area contributed by atoms with Crippen LogP contribution in [-0.4, -0.2) is 46.4 Å². The summed E-state index contributed by atoms with van der Waals surface area (Å²) in [4.78, 5) is 0. The third-order valence-corrected chi connectivity index (χ3v) is 12.2. The Kier molecular flexibility index (Phi) is 8.76. The summed E-state index contributed by atoms with van der Waals surface area (Å²) < 4.78 is 18.2. The molecule has 0 unspecified atom stereocenters. The van der Waals surface area contributed by atoms with Gasteiger partial charge in [-0.3, -0.25) is 0 Å². The Morgan fingerprint density at radius 2 is 1.26 bits per heavy atom. The molecule has 0 aliphatic carbocycles. The van der Waals surface area contributed by atoms with Crippen LogP contribution >= 0.6 is 0 Å². The number of rotatable bonds is 11. The molecule has 0 amide bonds. The fourth-order valence-corrected chi connectivity index (χ4v) is 9.92. The normalized spacial score (nSPS) is 16.1. The Balaban J connectivity index is 1.04. The summed E-state index contributed by atoms with van der Waals surface area (Å²) >= 11 is 0. The van der Waals surface area contributed by atoms with Crippen LogP contribution in [0.4, 0.5) is 0 Å². The largest absolute Gasteiger partial charge is 0.490 e. The molecule has 2 saturated heterocycles. The van der Waals surface area contributed by atoms with Gasteiger partial charge in [-0.15, -0.1) is 10.2 Å². The number of ether oxygens (including phenoxy) is 2. The minimum atomic E-state index is 0.498. The van der Waals surface area contributed by atoms with Crippen LogP contribution in [0.1, 0.15) is 36.8 Å². The van der Waals surface area contributed by atoms with Gasteiger partial charge in [-0.1, -0.05) is 30.3 Å². The first-order valence-corrected chi connectivity index (χ1v) is 17.4. The van der Waals surface area contributed by atoms with Gasteiger partial charge in [-0.25, -0.2) is 0 Å². The van der Waals surface area contributed by atoms with E-state index in [1.165, 1.54) is 65.6 Å². The van der Waals surface area contributed by atoms with E-state index >= 15 is 0 Å². The topological polar surface area (TPSA) is 57.4 Å². The molecule has 0 atom stereocenters. The summed E-state index contributed by atoms with van der Waals surface area (Å²) in [5.41, 5.74) is 4.58. The van der Waals surface area contributed by atoms with E-state index in [9.17, 15) is 0 Å². The summed E-state index contributed by atoms with van der Waals surface area (Å²) in [5, 5.41) is 8.39. The Hall–Kier alpha value is -2.90. The molecule has 2 fully saturated rings. The van der Waals surface area contributed by atoms with Gasteiger partial charge in [-0.2, -0.15) is 0 Å². The quantitative estimate of drug-likeness (QED) is 0.151. The van der Waals surface area contributed by atoms with E-state index in [0.29, 0.717) is 46.8 Å². The van der Waals surface area contributed by atoms with Gasteiger partial charge < -0.3 is 13.9 Å². The van der Waals surface area contributed by atoms with Crippen LogP contribution in [0.3, 0.4) is 0 Å². The molecular formula is C32H36N2O3S2+2. The van der Waals surface area contributed by atoms with E-state index in [2.05, 4.69) is 28.4 Å². The highest BCUT2D eigenvalue weighted by atomic mass is 32.2. The second-order valence-corrected chi connectivity index (χ2v) is 14.8. The molecule has 2 aliphatic rings. The third kappa shape index (κ3) is 7.00. The third-order valence-electron chi connectivity index (χ3n) is 7.25. The van der Waals surface area contributed by atoms with Crippen LogP contribution in [0.5, 0.6) is 11.5 Å². The lowest BCUT2D eigenvalue weighted by Crippen LogP contribution is -2.13.